The topological polar surface area (TPSA) is 77.1 Å². The number of nitrogens with one attached hydrogen (secondary N) is 1. The van der Waals surface area contributed by atoms with E-state index in [-0.39, 0.29) is 0 Å². The number of benzene rings is 1. The van der Waals surface area contributed by atoms with Crippen molar-refractivity contribution < 1.29 is 9.26 Å². The number of methoxy groups -OCH3 is 1. The highest BCUT2D eigenvalue weighted by Gasteiger charge is 2.14. The van der Waals surface area contributed by atoms with Gasteiger partial charge in [-0.15, -0.1) is 0 Å². The summed E-state index contributed by atoms with van der Waals surface area (Å²) in [6.07, 6.45) is 0. The van der Waals surface area contributed by atoms with Gasteiger partial charge < -0.3 is 20.0 Å². The molecule has 5 heteroatoms. The minimum atomic E-state index is 0.312. The first-order valence-electron chi connectivity index (χ1n) is 5.58. The summed E-state index contributed by atoms with van der Waals surface area (Å²) in [4.78, 5) is 3.31. The Balaban J connectivity index is 2.26. The molecule has 0 atom stereocenters. The number of aryl methyl sites for hydroxylation is 1. The fourth-order valence-corrected chi connectivity index (χ4v) is 2.18. The maximum absolute atomic E-state index is 5.57. The van der Waals surface area contributed by atoms with E-state index in [9.17, 15) is 0 Å². The molecule has 0 saturated carbocycles. The van der Waals surface area contributed by atoms with Crippen LogP contribution in [-0.4, -0.2) is 17.3 Å². The number of nitrogen functional groups attached to an aromatic ring is 1. The van der Waals surface area contributed by atoms with Crippen molar-refractivity contribution in [2.75, 3.05) is 12.8 Å². The molecule has 1 aromatic carbocycles. The summed E-state index contributed by atoms with van der Waals surface area (Å²) in [5, 5.41) is 5.03. The molecule has 2 heterocycles. The predicted octanol–water partition coefficient (Wildman–Crippen LogP) is 2.72. The van der Waals surface area contributed by atoms with Gasteiger partial charge in [-0.3, -0.25) is 0 Å². The minimum Gasteiger partial charge on any atom is -0.497 e. The standard InChI is InChI=1S/C13H13N3O2/c1-7-13(11-6-12(14)18-16-11)9-4-3-8(17-2)5-10(9)15-7/h3-6,15H,14H2,1-2H3. The van der Waals surface area contributed by atoms with E-state index in [4.69, 9.17) is 15.0 Å². The maximum atomic E-state index is 5.57. The summed E-state index contributed by atoms with van der Waals surface area (Å²) in [5.74, 6) is 1.13. The van der Waals surface area contributed by atoms with Crippen molar-refractivity contribution in [2.45, 2.75) is 6.92 Å². The zero-order valence-electron chi connectivity index (χ0n) is 10.2. The number of rotatable bonds is 2. The molecular formula is C13H13N3O2. The highest BCUT2D eigenvalue weighted by molar-refractivity contribution is 5.97. The first-order chi connectivity index (χ1) is 8.69. The summed E-state index contributed by atoms with van der Waals surface area (Å²) >= 11 is 0. The molecule has 0 aliphatic rings. The molecule has 0 bridgehead atoms. The number of nitrogens with zero attached hydrogens (tertiary/aromatic N) is 1. The lowest BCUT2D eigenvalue weighted by Crippen LogP contribution is -1.81. The number of nitrogens with two attached hydrogens (primary N) is 1. The van der Waals surface area contributed by atoms with Crippen molar-refractivity contribution in [1.82, 2.24) is 10.1 Å². The Labute approximate surface area is 104 Å². The van der Waals surface area contributed by atoms with Gasteiger partial charge in [0.05, 0.1) is 7.11 Å². The van der Waals surface area contributed by atoms with Crippen molar-refractivity contribution in [3.05, 3.63) is 30.0 Å². The molecule has 0 aliphatic heterocycles. The third-order valence-electron chi connectivity index (χ3n) is 2.98. The van der Waals surface area contributed by atoms with Gasteiger partial charge in [-0.25, -0.2) is 0 Å². The quantitative estimate of drug-likeness (QED) is 0.725. The molecule has 0 radical (unpaired) electrons. The van der Waals surface area contributed by atoms with Crippen molar-refractivity contribution in [1.29, 1.82) is 0 Å². The van der Waals surface area contributed by atoms with E-state index in [1.165, 1.54) is 0 Å². The van der Waals surface area contributed by atoms with Gasteiger partial charge in [0.2, 0.25) is 5.88 Å². The van der Waals surface area contributed by atoms with Crippen molar-refractivity contribution in [2.24, 2.45) is 0 Å². The minimum absolute atomic E-state index is 0.312. The molecule has 5 nitrogen and oxygen atoms in total. The smallest absolute Gasteiger partial charge is 0.222 e. The second-order valence-electron chi connectivity index (χ2n) is 4.15. The lowest BCUT2D eigenvalue weighted by Gasteiger charge is -1.99. The molecule has 92 valence electrons. The number of H-pyrrole nitrogens is 1. The van der Waals surface area contributed by atoms with Crippen LogP contribution in [0.25, 0.3) is 22.2 Å². The van der Waals surface area contributed by atoms with Crippen molar-refractivity contribution in [3.8, 4) is 17.0 Å². The monoisotopic (exact) mass is 243 g/mol. The Hall–Kier alpha value is -2.43. The number of fused-ring (bicyclic) bond motifs is 1. The average molecular weight is 243 g/mol. The number of hydrogen-bond acceptors (Lipinski definition) is 4. The molecule has 0 fully saturated rings. The molecule has 3 rings (SSSR count). The van der Waals surface area contributed by atoms with Crippen LogP contribution in [0.1, 0.15) is 5.69 Å². The first kappa shape index (κ1) is 10.7. The number of aromatic nitrogens is 2. The van der Waals surface area contributed by atoms with Gasteiger partial charge >= 0.3 is 0 Å². The van der Waals surface area contributed by atoms with E-state index in [1.54, 1.807) is 13.2 Å². The number of ether oxygens (including phenoxy) is 1. The Bertz CT molecular complexity index is 712. The summed E-state index contributed by atoms with van der Waals surface area (Å²) in [6.45, 7) is 1.99. The average Bonchev–Trinajstić information content (AvgIpc) is 2.90. The van der Waals surface area contributed by atoms with E-state index < -0.39 is 0 Å². The first-order valence-corrected chi connectivity index (χ1v) is 5.58. The maximum Gasteiger partial charge on any atom is 0.222 e. The Kier molecular flexibility index (Phi) is 2.26. The predicted molar refractivity (Wildman–Crippen MR) is 69.5 cm³/mol. The highest BCUT2D eigenvalue weighted by Crippen LogP contribution is 2.33. The van der Waals surface area contributed by atoms with Gasteiger partial charge in [0.1, 0.15) is 11.4 Å². The molecule has 0 unspecified atom stereocenters. The van der Waals surface area contributed by atoms with Crippen LogP contribution in [0, 0.1) is 6.92 Å². The lowest BCUT2D eigenvalue weighted by atomic mass is 10.1. The summed E-state index contributed by atoms with van der Waals surface area (Å²) < 4.78 is 10.1. The van der Waals surface area contributed by atoms with Gasteiger partial charge in [0.25, 0.3) is 0 Å². The van der Waals surface area contributed by atoms with Gasteiger partial charge in [-0.1, -0.05) is 5.16 Å². The van der Waals surface area contributed by atoms with Crippen LogP contribution >= 0.6 is 0 Å². The molecule has 0 amide bonds. The molecule has 18 heavy (non-hydrogen) atoms. The lowest BCUT2D eigenvalue weighted by molar-refractivity contribution is 0.415. The van der Waals surface area contributed by atoms with Crippen LogP contribution in [0.4, 0.5) is 5.88 Å². The van der Waals surface area contributed by atoms with Crippen molar-refractivity contribution >= 4 is 16.8 Å². The zero-order chi connectivity index (χ0) is 12.7. The van der Waals surface area contributed by atoms with Crippen LogP contribution in [-0.2, 0) is 0 Å². The molecule has 2 aromatic heterocycles. The zero-order valence-corrected chi connectivity index (χ0v) is 10.2. The fraction of sp³-hybridized carbons (Fsp3) is 0.154. The van der Waals surface area contributed by atoms with E-state index in [0.29, 0.717) is 5.88 Å². The molecule has 0 spiro atoms. The SMILES string of the molecule is COc1ccc2c(-c3cc(N)on3)c(C)[nH]c2c1. The molecule has 3 N–H and O–H groups in total. The normalized spacial score (nSPS) is 11.0. The van der Waals surface area contributed by atoms with E-state index >= 15 is 0 Å². The summed E-state index contributed by atoms with van der Waals surface area (Å²) in [7, 11) is 1.65. The van der Waals surface area contributed by atoms with Crippen LogP contribution in [0.15, 0.2) is 28.8 Å². The molecular weight excluding hydrogens is 230 g/mol. The van der Waals surface area contributed by atoms with Gasteiger partial charge in [0.15, 0.2) is 0 Å². The number of aromatic amines is 1. The Morgan fingerprint density at radius 2 is 2.17 bits per heavy atom. The second-order valence-corrected chi connectivity index (χ2v) is 4.15. The van der Waals surface area contributed by atoms with Gasteiger partial charge in [-0.2, -0.15) is 0 Å². The fourth-order valence-electron chi connectivity index (χ4n) is 2.18. The highest BCUT2D eigenvalue weighted by atomic mass is 16.5. The Morgan fingerprint density at radius 3 is 2.83 bits per heavy atom. The summed E-state index contributed by atoms with van der Waals surface area (Å²) in [5.41, 5.74) is 9.33. The number of anilines is 1. The Morgan fingerprint density at radius 1 is 1.33 bits per heavy atom. The van der Waals surface area contributed by atoms with Crippen molar-refractivity contribution in [3.63, 3.8) is 0 Å². The molecule has 0 saturated heterocycles. The van der Waals surface area contributed by atoms with E-state index in [2.05, 4.69) is 10.1 Å². The van der Waals surface area contributed by atoms with E-state index in [1.807, 2.05) is 25.1 Å². The summed E-state index contributed by atoms with van der Waals surface area (Å²) in [6, 6.07) is 7.59. The van der Waals surface area contributed by atoms with Crippen LogP contribution in [0.5, 0.6) is 5.75 Å². The molecule has 0 aliphatic carbocycles. The van der Waals surface area contributed by atoms with Crippen LogP contribution < -0.4 is 10.5 Å². The van der Waals surface area contributed by atoms with Gasteiger partial charge in [0, 0.05) is 34.3 Å². The second kappa shape index (κ2) is 3.80. The number of hydrogen-bond donors (Lipinski definition) is 2. The van der Waals surface area contributed by atoms with Crippen LogP contribution in [0.3, 0.4) is 0 Å². The van der Waals surface area contributed by atoms with Gasteiger partial charge in [-0.05, 0) is 19.1 Å². The molecule has 3 aromatic rings. The van der Waals surface area contributed by atoms with E-state index in [0.717, 1.165) is 33.6 Å². The third-order valence-corrected chi connectivity index (χ3v) is 2.98. The van der Waals surface area contributed by atoms with Crippen LogP contribution in [0.2, 0.25) is 0 Å². The third kappa shape index (κ3) is 1.52. The largest absolute Gasteiger partial charge is 0.497 e.